The second-order valence-corrected chi connectivity index (χ2v) is 7.70. The number of carbonyl (C=O) groups is 3. The molecule has 0 atom stereocenters. The molecule has 3 aromatic carbocycles. The third kappa shape index (κ3) is 7.13. The van der Waals surface area contributed by atoms with Gasteiger partial charge in [0.15, 0.2) is 18.1 Å². The Morgan fingerprint density at radius 2 is 1.69 bits per heavy atom. The van der Waals surface area contributed by atoms with Gasteiger partial charge in [0.05, 0.1) is 19.0 Å². The van der Waals surface area contributed by atoms with Crippen LogP contribution in [0.1, 0.15) is 16.7 Å². The maximum Gasteiger partial charge on any atom is 0.329 e. The number of nitrogens with one attached hydrogen (secondary N) is 3. The van der Waals surface area contributed by atoms with E-state index in [1.54, 1.807) is 18.2 Å². The minimum atomic E-state index is -1.07. The van der Waals surface area contributed by atoms with Crippen LogP contribution < -0.4 is 25.5 Å². The summed E-state index contributed by atoms with van der Waals surface area (Å²) >= 11 is 0. The van der Waals surface area contributed by atoms with Gasteiger partial charge in [0.2, 0.25) is 0 Å². The van der Waals surface area contributed by atoms with Gasteiger partial charge in [0.1, 0.15) is 5.82 Å². The minimum absolute atomic E-state index is 0.121. The van der Waals surface area contributed by atoms with E-state index in [4.69, 9.17) is 9.47 Å². The van der Waals surface area contributed by atoms with Gasteiger partial charge in [-0.3, -0.25) is 14.4 Å². The van der Waals surface area contributed by atoms with Crippen molar-refractivity contribution in [2.45, 2.75) is 13.8 Å². The van der Waals surface area contributed by atoms with Crippen molar-refractivity contribution in [2.24, 2.45) is 5.10 Å². The van der Waals surface area contributed by atoms with E-state index in [2.05, 4.69) is 21.2 Å². The van der Waals surface area contributed by atoms with Crippen molar-refractivity contribution < 1.29 is 28.2 Å². The molecule has 0 unspecified atom stereocenters. The Hall–Kier alpha value is -4.73. The van der Waals surface area contributed by atoms with Gasteiger partial charge in [0.25, 0.3) is 5.91 Å². The van der Waals surface area contributed by atoms with Crippen LogP contribution in [0.2, 0.25) is 0 Å². The molecule has 0 spiro atoms. The van der Waals surface area contributed by atoms with Crippen molar-refractivity contribution >= 4 is 35.3 Å². The monoisotopic (exact) mass is 492 g/mol. The lowest BCUT2D eigenvalue weighted by Crippen LogP contribution is -2.32. The predicted octanol–water partition coefficient (Wildman–Crippen LogP) is 3.56. The van der Waals surface area contributed by atoms with Gasteiger partial charge >= 0.3 is 11.8 Å². The standard InChI is InChI=1S/C26H25FN4O5/c1-16-8-9-17(2)21(12-16)29-24(32)15-36-22-11-10-18(13-23(22)35-3)14-28-31-26(34)25(33)30-20-7-5-4-6-19(20)27/h4-14H,15H2,1-3H3,(H,29,32)(H,30,33)(H,31,34)/b28-14-. The molecule has 3 rings (SSSR count). The molecular weight excluding hydrogens is 467 g/mol. The lowest BCUT2D eigenvalue weighted by atomic mass is 10.1. The van der Waals surface area contributed by atoms with Gasteiger partial charge < -0.3 is 20.1 Å². The van der Waals surface area contributed by atoms with Gasteiger partial charge in [-0.25, -0.2) is 9.82 Å². The van der Waals surface area contributed by atoms with Crippen LogP contribution in [0.4, 0.5) is 15.8 Å². The highest BCUT2D eigenvalue weighted by atomic mass is 19.1. The Kier molecular flexibility index (Phi) is 8.71. The van der Waals surface area contributed by atoms with Crippen LogP contribution in [0.25, 0.3) is 0 Å². The highest BCUT2D eigenvalue weighted by Crippen LogP contribution is 2.27. The number of rotatable bonds is 8. The fourth-order valence-electron chi connectivity index (χ4n) is 3.04. The number of para-hydroxylation sites is 1. The Morgan fingerprint density at radius 3 is 2.44 bits per heavy atom. The van der Waals surface area contributed by atoms with Gasteiger partial charge in [-0.05, 0) is 66.9 Å². The van der Waals surface area contributed by atoms with Crippen LogP contribution in [-0.4, -0.2) is 37.7 Å². The zero-order valence-corrected chi connectivity index (χ0v) is 19.9. The number of amides is 3. The third-order valence-electron chi connectivity index (χ3n) is 4.92. The van der Waals surface area contributed by atoms with Crippen LogP contribution in [-0.2, 0) is 14.4 Å². The number of ether oxygens (including phenoxy) is 2. The molecule has 9 nitrogen and oxygen atoms in total. The molecule has 3 amide bonds. The molecule has 0 bridgehead atoms. The number of hydrogen-bond acceptors (Lipinski definition) is 6. The summed E-state index contributed by atoms with van der Waals surface area (Å²) in [5, 5.41) is 8.70. The molecule has 0 saturated heterocycles. The van der Waals surface area contributed by atoms with E-state index in [1.165, 1.54) is 31.5 Å². The molecule has 0 aliphatic carbocycles. The van der Waals surface area contributed by atoms with E-state index in [9.17, 15) is 18.8 Å². The van der Waals surface area contributed by atoms with Gasteiger partial charge in [-0.1, -0.05) is 24.3 Å². The summed E-state index contributed by atoms with van der Waals surface area (Å²) in [4.78, 5) is 36.1. The number of methoxy groups -OCH3 is 1. The SMILES string of the molecule is COc1cc(/C=N\NC(=O)C(=O)Nc2ccccc2F)ccc1OCC(=O)Nc1cc(C)ccc1C. The number of anilines is 2. The molecular formula is C26H25FN4O5. The van der Waals surface area contributed by atoms with E-state index in [-0.39, 0.29) is 18.2 Å². The number of hydrogen-bond donors (Lipinski definition) is 3. The topological polar surface area (TPSA) is 118 Å². The minimum Gasteiger partial charge on any atom is -0.493 e. The summed E-state index contributed by atoms with van der Waals surface area (Å²) in [5.74, 6) is -2.47. The molecule has 0 aliphatic rings. The normalized spacial score (nSPS) is 10.6. The van der Waals surface area contributed by atoms with E-state index in [1.807, 2.05) is 32.0 Å². The Labute approximate surface area is 207 Å². The van der Waals surface area contributed by atoms with Crippen LogP contribution in [0.15, 0.2) is 65.8 Å². The number of benzene rings is 3. The van der Waals surface area contributed by atoms with Crippen molar-refractivity contribution in [1.82, 2.24) is 5.43 Å². The number of aryl methyl sites for hydroxylation is 2. The first-order valence-corrected chi connectivity index (χ1v) is 10.8. The number of halogens is 1. The Balaban J connectivity index is 1.54. The maximum absolute atomic E-state index is 13.6. The first kappa shape index (κ1) is 25.9. The average molecular weight is 493 g/mol. The zero-order valence-electron chi connectivity index (χ0n) is 19.9. The highest BCUT2D eigenvalue weighted by Gasteiger charge is 2.15. The Morgan fingerprint density at radius 1 is 0.917 bits per heavy atom. The van der Waals surface area contributed by atoms with Gasteiger partial charge in [0, 0.05) is 5.69 Å². The predicted molar refractivity (Wildman–Crippen MR) is 134 cm³/mol. The van der Waals surface area contributed by atoms with E-state index >= 15 is 0 Å². The molecule has 0 aromatic heterocycles. The summed E-state index contributed by atoms with van der Waals surface area (Å²) in [5.41, 5.74) is 5.14. The quantitative estimate of drug-likeness (QED) is 0.253. The zero-order chi connectivity index (χ0) is 26.1. The third-order valence-corrected chi connectivity index (χ3v) is 4.92. The Bertz CT molecular complexity index is 1310. The molecule has 10 heteroatoms. The number of nitrogens with zero attached hydrogens (tertiary/aromatic N) is 1. The molecule has 36 heavy (non-hydrogen) atoms. The smallest absolute Gasteiger partial charge is 0.329 e. The summed E-state index contributed by atoms with van der Waals surface area (Å²) in [6.45, 7) is 3.61. The van der Waals surface area contributed by atoms with Gasteiger partial charge in [-0.15, -0.1) is 0 Å². The van der Waals surface area contributed by atoms with Crippen LogP contribution in [0.3, 0.4) is 0 Å². The average Bonchev–Trinajstić information content (AvgIpc) is 2.86. The van der Waals surface area contributed by atoms with E-state index in [0.717, 1.165) is 17.2 Å². The first-order valence-electron chi connectivity index (χ1n) is 10.8. The molecule has 0 fully saturated rings. The van der Waals surface area contributed by atoms with Crippen molar-refractivity contribution in [1.29, 1.82) is 0 Å². The molecule has 3 N–H and O–H groups in total. The maximum atomic E-state index is 13.6. The summed E-state index contributed by atoms with van der Waals surface area (Å²) < 4.78 is 24.5. The second-order valence-electron chi connectivity index (χ2n) is 7.70. The first-order chi connectivity index (χ1) is 17.3. The highest BCUT2D eigenvalue weighted by molar-refractivity contribution is 6.39. The molecule has 186 valence electrons. The van der Waals surface area contributed by atoms with Crippen molar-refractivity contribution in [3.05, 3.63) is 83.2 Å². The van der Waals surface area contributed by atoms with Crippen molar-refractivity contribution in [3.63, 3.8) is 0 Å². The fraction of sp³-hybridized carbons (Fsp3) is 0.154. The second kappa shape index (κ2) is 12.1. The van der Waals surface area contributed by atoms with Crippen molar-refractivity contribution in [2.75, 3.05) is 24.4 Å². The lowest BCUT2D eigenvalue weighted by molar-refractivity contribution is -0.136. The summed E-state index contributed by atoms with van der Waals surface area (Å²) in [7, 11) is 1.44. The molecule has 0 radical (unpaired) electrons. The van der Waals surface area contributed by atoms with E-state index < -0.39 is 17.6 Å². The molecule has 0 heterocycles. The number of carbonyl (C=O) groups excluding carboxylic acids is 3. The van der Waals surface area contributed by atoms with Crippen LogP contribution >= 0.6 is 0 Å². The summed E-state index contributed by atoms with van der Waals surface area (Å²) in [6, 6.07) is 16.0. The van der Waals surface area contributed by atoms with Crippen molar-refractivity contribution in [3.8, 4) is 11.5 Å². The van der Waals surface area contributed by atoms with Gasteiger partial charge in [-0.2, -0.15) is 5.10 Å². The van der Waals surface area contributed by atoms with Crippen LogP contribution in [0, 0.1) is 19.7 Å². The number of hydrazone groups is 1. The van der Waals surface area contributed by atoms with Crippen LogP contribution in [0.5, 0.6) is 11.5 Å². The molecule has 0 saturated carbocycles. The molecule has 3 aromatic rings. The summed E-state index contributed by atoms with van der Waals surface area (Å²) in [6.07, 6.45) is 1.29. The molecule has 0 aliphatic heterocycles. The lowest BCUT2D eigenvalue weighted by Gasteiger charge is -2.12. The largest absolute Gasteiger partial charge is 0.493 e. The fourth-order valence-corrected chi connectivity index (χ4v) is 3.04. The van der Waals surface area contributed by atoms with E-state index in [0.29, 0.717) is 22.7 Å².